The van der Waals surface area contributed by atoms with Gasteiger partial charge in [0.05, 0.1) is 6.61 Å². The molecular weight excluding hydrogens is 131 g/mol. The number of methoxy groups -OCH3 is 1. The fourth-order valence-corrected chi connectivity index (χ4v) is 0.381. The molecule has 52 valence electrons. The Kier molecular flexibility index (Phi) is 12.4. The third kappa shape index (κ3) is 6.77. The van der Waals surface area contributed by atoms with Gasteiger partial charge in [-0.3, -0.25) is 0 Å². The molecule has 0 saturated carbocycles. The predicted molar refractivity (Wildman–Crippen MR) is 30.6 cm³/mol. The van der Waals surface area contributed by atoms with Crippen molar-refractivity contribution in [3.8, 4) is 0 Å². The van der Waals surface area contributed by atoms with E-state index in [-0.39, 0.29) is 37.6 Å². The molecule has 1 atom stereocenters. The molecule has 0 aliphatic carbocycles. The average molecular weight is 144 g/mol. The maximum absolute atomic E-state index is 8.41. The Balaban J connectivity index is -0.000000245. The molecule has 0 aromatic heterocycles. The summed E-state index contributed by atoms with van der Waals surface area (Å²) in [6.45, 7) is 2.34. The summed E-state index contributed by atoms with van der Waals surface area (Å²) in [6.07, 6.45) is -0.444. The predicted octanol–water partition coefficient (Wildman–Crippen LogP) is -2.90. The molecule has 4 heteroatoms. The Morgan fingerprint density at radius 3 is 2.33 bits per heavy atom. The van der Waals surface area contributed by atoms with Crippen LogP contribution in [0, 0.1) is 0 Å². The SMILES string of the molecule is CCOC(CO)OC.[H-].[Na+]. The standard InChI is InChI=1S/C5H12O3.Na.H/c1-3-8-5(4-6)7-2;;/h5-6H,3-4H2,1-2H3;;/q;+1;-1. The van der Waals surface area contributed by atoms with E-state index in [4.69, 9.17) is 9.84 Å². The maximum atomic E-state index is 8.41. The first kappa shape index (κ1) is 12.5. The van der Waals surface area contributed by atoms with Crippen molar-refractivity contribution in [3.05, 3.63) is 0 Å². The minimum absolute atomic E-state index is 0. The van der Waals surface area contributed by atoms with Crippen molar-refractivity contribution in [2.75, 3.05) is 20.3 Å². The molecule has 1 N–H and O–H groups in total. The van der Waals surface area contributed by atoms with Gasteiger partial charge in [-0.05, 0) is 6.92 Å². The van der Waals surface area contributed by atoms with E-state index in [2.05, 4.69) is 4.74 Å². The van der Waals surface area contributed by atoms with Crippen LogP contribution < -0.4 is 29.6 Å². The Morgan fingerprint density at radius 1 is 1.67 bits per heavy atom. The first-order valence-corrected chi connectivity index (χ1v) is 2.60. The Morgan fingerprint density at radius 2 is 2.22 bits per heavy atom. The molecule has 9 heavy (non-hydrogen) atoms. The minimum atomic E-state index is -0.444. The van der Waals surface area contributed by atoms with Crippen molar-refractivity contribution >= 4 is 0 Å². The van der Waals surface area contributed by atoms with Crippen LogP contribution in [-0.4, -0.2) is 31.7 Å². The van der Waals surface area contributed by atoms with Gasteiger partial charge in [0.15, 0.2) is 6.29 Å². The van der Waals surface area contributed by atoms with Crippen LogP contribution in [0.2, 0.25) is 0 Å². The molecular formula is C5H13NaO3. The number of hydrogen-bond donors (Lipinski definition) is 1. The van der Waals surface area contributed by atoms with E-state index in [0.717, 1.165) is 0 Å². The zero-order chi connectivity index (χ0) is 6.41. The van der Waals surface area contributed by atoms with Crippen LogP contribution in [0.25, 0.3) is 0 Å². The smallest absolute Gasteiger partial charge is 1.00 e. The van der Waals surface area contributed by atoms with Crippen molar-refractivity contribution in [2.45, 2.75) is 13.2 Å². The summed E-state index contributed by atoms with van der Waals surface area (Å²) in [5.41, 5.74) is 0. The van der Waals surface area contributed by atoms with E-state index in [1.165, 1.54) is 7.11 Å². The summed E-state index contributed by atoms with van der Waals surface area (Å²) < 4.78 is 9.54. The molecule has 0 amide bonds. The summed E-state index contributed by atoms with van der Waals surface area (Å²) >= 11 is 0. The first-order chi connectivity index (χ1) is 3.85. The van der Waals surface area contributed by atoms with E-state index in [0.29, 0.717) is 6.61 Å². The van der Waals surface area contributed by atoms with E-state index in [9.17, 15) is 0 Å². The summed E-state index contributed by atoms with van der Waals surface area (Å²) in [7, 11) is 1.50. The number of rotatable bonds is 4. The van der Waals surface area contributed by atoms with Gasteiger partial charge in [0.1, 0.15) is 0 Å². The minimum Gasteiger partial charge on any atom is -1.00 e. The van der Waals surface area contributed by atoms with E-state index in [1.54, 1.807) is 0 Å². The van der Waals surface area contributed by atoms with Crippen molar-refractivity contribution in [2.24, 2.45) is 0 Å². The molecule has 1 unspecified atom stereocenters. The zero-order valence-corrected chi connectivity index (χ0v) is 8.26. The number of hydrogen-bond acceptors (Lipinski definition) is 3. The number of aliphatic hydroxyl groups excluding tert-OH is 1. The van der Waals surface area contributed by atoms with Crippen LogP contribution in [0.15, 0.2) is 0 Å². The van der Waals surface area contributed by atoms with Gasteiger partial charge in [-0.2, -0.15) is 0 Å². The van der Waals surface area contributed by atoms with Crippen LogP contribution in [0.5, 0.6) is 0 Å². The largest absolute Gasteiger partial charge is 1.00 e. The van der Waals surface area contributed by atoms with Crippen LogP contribution in [0.1, 0.15) is 8.35 Å². The van der Waals surface area contributed by atoms with Crippen molar-refractivity contribution in [1.82, 2.24) is 0 Å². The number of ether oxygens (including phenoxy) is 2. The van der Waals surface area contributed by atoms with Gasteiger partial charge in [-0.25, -0.2) is 0 Å². The Labute approximate surface area is 79.1 Å². The van der Waals surface area contributed by atoms with Crippen molar-refractivity contribution in [3.63, 3.8) is 0 Å². The third-order valence-corrected chi connectivity index (χ3v) is 0.765. The van der Waals surface area contributed by atoms with Crippen LogP contribution in [-0.2, 0) is 9.47 Å². The summed E-state index contributed by atoms with van der Waals surface area (Å²) in [5, 5.41) is 8.41. The van der Waals surface area contributed by atoms with E-state index < -0.39 is 6.29 Å². The second kappa shape index (κ2) is 8.88. The third-order valence-electron chi connectivity index (χ3n) is 0.765. The summed E-state index contributed by atoms with van der Waals surface area (Å²) in [4.78, 5) is 0. The zero-order valence-electron chi connectivity index (χ0n) is 7.26. The fraction of sp³-hybridized carbons (Fsp3) is 1.00. The van der Waals surface area contributed by atoms with Gasteiger partial charge in [-0.1, -0.05) is 0 Å². The molecule has 0 aliphatic heterocycles. The van der Waals surface area contributed by atoms with Gasteiger partial charge in [0, 0.05) is 13.7 Å². The molecule has 0 saturated heterocycles. The van der Waals surface area contributed by atoms with Crippen LogP contribution in [0.3, 0.4) is 0 Å². The molecule has 3 nitrogen and oxygen atoms in total. The van der Waals surface area contributed by atoms with Gasteiger partial charge >= 0.3 is 29.6 Å². The average Bonchev–Trinajstić information content (AvgIpc) is 1.83. The van der Waals surface area contributed by atoms with Gasteiger partial charge in [0.2, 0.25) is 0 Å². The normalized spacial score (nSPS) is 12.3. The first-order valence-electron chi connectivity index (χ1n) is 2.60. The second-order valence-electron chi connectivity index (χ2n) is 1.30. The molecule has 0 heterocycles. The second-order valence-corrected chi connectivity index (χ2v) is 1.30. The Bertz CT molecular complexity index is 52.2. The molecule has 0 aliphatic rings. The monoisotopic (exact) mass is 144 g/mol. The van der Waals surface area contributed by atoms with Gasteiger partial charge in [0.25, 0.3) is 0 Å². The molecule has 0 radical (unpaired) electrons. The fourth-order valence-electron chi connectivity index (χ4n) is 0.381. The topological polar surface area (TPSA) is 38.7 Å². The van der Waals surface area contributed by atoms with Gasteiger partial charge in [-0.15, -0.1) is 0 Å². The quantitative estimate of drug-likeness (QED) is 0.340. The molecule has 0 fully saturated rings. The molecule has 0 spiro atoms. The van der Waals surface area contributed by atoms with Crippen LogP contribution >= 0.6 is 0 Å². The van der Waals surface area contributed by atoms with Crippen molar-refractivity contribution in [1.29, 1.82) is 0 Å². The molecule has 0 aromatic rings. The Hall–Kier alpha value is 0.880. The van der Waals surface area contributed by atoms with E-state index >= 15 is 0 Å². The maximum Gasteiger partial charge on any atom is 1.00 e. The van der Waals surface area contributed by atoms with E-state index in [1.807, 2.05) is 6.92 Å². The number of aliphatic hydroxyl groups is 1. The van der Waals surface area contributed by atoms with Crippen LogP contribution in [0.4, 0.5) is 0 Å². The van der Waals surface area contributed by atoms with Crippen molar-refractivity contribution < 1.29 is 45.6 Å². The molecule has 0 rings (SSSR count). The summed E-state index contributed by atoms with van der Waals surface area (Å²) in [5.74, 6) is 0. The molecule has 0 bridgehead atoms. The van der Waals surface area contributed by atoms with Gasteiger partial charge < -0.3 is 16.0 Å². The summed E-state index contributed by atoms with van der Waals surface area (Å²) in [6, 6.07) is 0. The molecule has 0 aromatic carbocycles.